The van der Waals surface area contributed by atoms with E-state index in [0.717, 1.165) is 20.2 Å². The fourth-order valence-corrected chi connectivity index (χ4v) is 2.64. The summed E-state index contributed by atoms with van der Waals surface area (Å²) in [5.41, 5.74) is 2.25. The van der Waals surface area contributed by atoms with Crippen molar-refractivity contribution in [1.82, 2.24) is 0 Å². The zero-order chi connectivity index (χ0) is 14.0. The number of hydrogen-bond acceptors (Lipinski definition) is 1. The van der Waals surface area contributed by atoms with Gasteiger partial charge in [0.2, 0.25) is 0 Å². The fourth-order valence-electron chi connectivity index (χ4n) is 1.63. The Balaban J connectivity index is 2.28. The van der Waals surface area contributed by atoms with Crippen LogP contribution in [0.3, 0.4) is 0 Å². The number of amides is 1. The number of benzene rings is 2. The summed E-state index contributed by atoms with van der Waals surface area (Å²) in [6.45, 7) is 1.90. The maximum atomic E-state index is 12.2. The van der Waals surface area contributed by atoms with Crippen LogP contribution in [0.5, 0.6) is 0 Å². The Hall–Kier alpha value is -0.840. The Morgan fingerprint density at radius 1 is 1.16 bits per heavy atom. The molecule has 0 heterocycles. The number of carbonyl (C=O) groups is 1. The molecule has 0 aromatic heterocycles. The minimum absolute atomic E-state index is 0.168. The van der Waals surface area contributed by atoms with E-state index in [-0.39, 0.29) is 5.91 Å². The molecule has 0 aliphatic rings. The first kappa shape index (κ1) is 14.6. The quantitative estimate of drug-likeness (QED) is 0.712. The molecule has 98 valence electrons. The summed E-state index contributed by atoms with van der Waals surface area (Å²) in [5.74, 6) is -0.168. The van der Waals surface area contributed by atoms with Gasteiger partial charge in [-0.3, -0.25) is 4.79 Å². The maximum Gasteiger partial charge on any atom is 0.256 e. The molecule has 0 fully saturated rings. The first-order valence-corrected chi connectivity index (χ1v) is 7.46. The number of rotatable bonds is 2. The van der Waals surface area contributed by atoms with E-state index in [1.54, 1.807) is 18.2 Å². The molecule has 0 saturated carbocycles. The van der Waals surface area contributed by atoms with E-state index >= 15 is 0 Å². The smallest absolute Gasteiger partial charge is 0.256 e. The highest BCUT2D eigenvalue weighted by Crippen LogP contribution is 2.24. The molecule has 5 heteroatoms. The van der Waals surface area contributed by atoms with E-state index in [1.807, 2.05) is 25.1 Å². The van der Waals surface area contributed by atoms with Gasteiger partial charge in [0.25, 0.3) is 5.91 Å². The van der Waals surface area contributed by atoms with Gasteiger partial charge >= 0.3 is 0 Å². The molecule has 0 spiro atoms. The van der Waals surface area contributed by atoms with Crippen LogP contribution in [0.15, 0.2) is 45.3 Å². The van der Waals surface area contributed by atoms with Crippen LogP contribution in [0.1, 0.15) is 15.9 Å². The number of anilines is 1. The Morgan fingerprint density at radius 3 is 2.58 bits per heavy atom. The first-order valence-electron chi connectivity index (χ1n) is 5.50. The fraction of sp³-hybridized carbons (Fsp3) is 0.0714. The van der Waals surface area contributed by atoms with Gasteiger partial charge in [0.15, 0.2) is 0 Å². The van der Waals surface area contributed by atoms with Crippen molar-refractivity contribution in [1.29, 1.82) is 0 Å². The molecule has 1 amide bonds. The van der Waals surface area contributed by atoms with Crippen LogP contribution in [-0.4, -0.2) is 5.91 Å². The van der Waals surface area contributed by atoms with E-state index in [9.17, 15) is 4.79 Å². The molecule has 0 radical (unpaired) electrons. The minimum atomic E-state index is -0.168. The van der Waals surface area contributed by atoms with Gasteiger partial charge in [-0.25, -0.2) is 0 Å². The van der Waals surface area contributed by atoms with Gasteiger partial charge in [-0.2, -0.15) is 0 Å². The molecule has 0 unspecified atom stereocenters. The van der Waals surface area contributed by atoms with Gasteiger partial charge in [-0.05, 0) is 64.8 Å². The Kier molecular flexibility index (Phi) is 4.66. The zero-order valence-corrected chi connectivity index (χ0v) is 13.9. The van der Waals surface area contributed by atoms with Gasteiger partial charge in [0.05, 0.1) is 5.56 Å². The van der Waals surface area contributed by atoms with Crippen LogP contribution < -0.4 is 5.32 Å². The lowest BCUT2D eigenvalue weighted by atomic mass is 10.1. The summed E-state index contributed by atoms with van der Waals surface area (Å²) in [6.07, 6.45) is 0. The molecular formula is C14H10Br2ClNO. The van der Waals surface area contributed by atoms with E-state index in [2.05, 4.69) is 37.2 Å². The van der Waals surface area contributed by atoms with Crippen molar-refractivity contribution in [3.63, 3.8) is 0 Å². The highest BCUT2D eigenvalue weighted by atomic mass is 79.9. The summed E-state index contributed by atoms with van der Waals surface area (Å²) >= 11 is 12.6. The molecule has 19 heavy (non-hydrogen) atoms. The van der Waals surface area contributed by atoms with Gasteiger partial charge in [0.1, 0.15) is 0 Å². The first-order chi connectivity index (χ1) is 8.97. The van der Waals surface area contributed by atoms with Crippen molar-refractivity contribution in [2.45, 2.75) is 6.92 Å². The largest absolute Gasteiger partial charge is 0.322 e. The predicted molar refractivity (Wildman–Crippen MR) is 86.0 cm³/mol. The van der Waals surface area contributed by atoms with Crippen LogP contribution in [0.4, 0.5) is 5.69 Å². The number of carbonyl (C=O) groups excluding carboxylic acids is 1. The third-order valence-electron chi connectivity index (χ3n) is 2.61. The number of hydrogen-bond donors (Lipinski definition) is 1. The van der Waals surface area contributed by atoms with Crippen LogP contribution >= 0.6 is 43.5 Å². The zero-order valence-electron chi connectivity index (χ0n) is 10.0. The lowest BCUT2D eigenvalue weighted by molar-refractivity contribution is 0.102. The maximum absolute atomic E-state index is 12.2. The van der Waals surface area contributed by atoms with E-state index in [1.165, 1.54) is 0 Å². The highest BCUT2D eigenvalue weighted by Gasteiger charge is 2.12. The summed E-state index contributed by atoms with van der Waals surface area (Å²) < 4.78 is 1.61. The monoisotopic (exact) mass is 401 g/mol. The molecule has 0 atom stereocenters. The second-order valence-corrected chi connectivity index (χ2v) is 6.24. The number of halogens is 3. The van der Waals surface area contributed by atoms with Crippen LogP contribution in [0.2, 0.25) is 5.02 Å². The van der Waals surface area contributed by atoms with E-state index in [4.69, 9.17) is 11.6 Å². The summed E-state index contributed by atoms with van der Waals surface area (Å²) in [7, 11) is 0. The van der Waals surface area contributed by atoms with E-state index in [0.29, 0.717) is 10.6 Å². The molecule has 2 rings (SSSR count). The highest BCUT2D eigenvalue weighted by molar-refractivity contribution is 9.11. The summed E-state index contributed by atoms with van der Waals surface area (Å²) in [5, 5.41) is 3.53. The molecule has 2 aromatic carbocycles. The molecule has 0 bridgehead atoms. The molecule has 0 saturated heterocycles. The van der Waals surface area contributed by atoms with Crippen molar-refractivity contribution in [3.8, 4) is 0 Å². The molecule has 1 N–H and O–H groups in total. The normalized spacial score (nSPS) is 10.3. The standard InChI is InChI=1S/C14H10Br2ClNO/c1-8-6-10(17)3-5-13(8)18-14(19)11-7-9(15)2-4-12(11)16/h2-7H,1H3,(H,18,19). The van der Waals surface area contributed by atoms with Crippen molar-refractivity contribution in [2.75, 3.05) is 5.32 Å². The van der Waals surface area contributed by atoms with Crippen LogP contribution in [0, 0.1) is 6.92 Å². The second kappa shape index (κ2) is 6.07. The topological polar surface area (TPSA) is 29.1 Å². The SMILES string of the molecule is Cc1cc(Cl)ccc1NC(=O)c1cc(Br)ccc1Br. The molecule has 2 nitrogen and oxygen atoms in total. The van der Waals surface area contributed by atoms with Crippen molar-refractivity contribution in [2.24, 2.45) is 0 Å². The minimum Gasteiger partial charge on any atom is -0.322 e. The average Bonchev–Trinajstić information content (AvgIpc) is 2.35. The molecule has 2 aromatic rings. The predicted octanol–water partition coefficient (Wildman–Crippen LogP) is 5.43. The molecule has 0 aliphatic carbocycles. The lowest BCUT2D eigenvalue weighted by Crippen LogP contribution is -2.13. The van der Waals surface area contributed by atoms with Crippen molar-refractivity contribution >= 4 is 55.1 Å². The lowest BCUT2D eigenvalue weighted by Gasteiger charge is -2.10. The Labute approximate surface area is 133 Å². The summed E-state index contributed by atoms with van der Waals surface area (Å²) in [6, 6.07) is 10.8. The third kappa shape index (κ3) is 3.59. The number of nitrogens with one attached hydrogen (secondary N) is 1. The Morgan fingerprint density at radius 2 is 1.89 bits per heavy atom. The van der Waals surface area contributed by atoms with Gasteiger partial charge in [-0.15, -0.1) is 0 Å². The molecule has 0 aliphatic heterocycles. The van der Waals surface area contributed by atoms with E-state index < -0.39 is 0 Å². The van der Waals surface area contributed by atoms with Gasteiger partial charge in [-0.1, -0.05) is 27.5 Å². The van der Waals surface area contributed by atoms with Gasteiger partial charge in [0, 0.05) is 19.7 Å². The summed E-state index contributed by atoms with van der Waals surface area (Å²) in [4.78, 5) is 12.2. The Bertz CT molecular complexity index is 643. The van der Waals surface area contributed by atoms with Crippen molar-refractivity contribution in [3.05, 3.63) is 61.5 Å². The van der Waals surface area contributed by atoms with Crippen molar-refractivity contribution < 1.29 is 4.79 Å². The molecular weight excluding hydrogens is 393 g/mol. The second-order valence-electron chi connectivity index (χ2n) is 4.04. The third-order valence-corrected chi connectivity index (χ3v) is 4.03. The van der Waals surface area contributed by atoms with Crippen LogP contribution in [0.25, 0.3) is 0 Å². The number of aryl methyl sites for hydroxylation is 1. The average molecular weight is 404 g/mol. The van der Waals surface area contributed by atoms with Crippen LogP contribution in [-0.2, 0) is 0 Å². The van der Waals surface area contributed by atoms with Gasteiger partial charge < -0.3 is 5.32 Å².